The molecule has 0 aliphatic heterocycles. The van der Waals surface area contributed by atoms with Gasteiger partial charge in [0.15, 0.2) is 12.2 Å². The predicted molar refractivity (Wildman–Crippen MR) is 75.6 cm³/mol. The summed E-state index contributed by atoms with van der Waals surface area (Å²) in [7, 11) is 1.63. The van der Waals surface area contributed by atoms with Gasteiger partial charge in [-0.15, -0.1) is 0 Å². The topological polar surface area (TPSA) is 55.5 Å². The van der Waals surface area contributed by atoms with E-state index in [0.29, 0.717) is 5.76 Å². The summed E-state index contributed by atoms with van der Waals surface area (Å²) < 4.78 is 10.6. The average molecular weight is 267 g/mol. The number of phenolic OH excluding ortho intramolecular Hbond substituents is 1. The molecule has 0 unspecified atom stereocenters. The van der Waals surface area contributed by atoms with Gasteiger partial charge in [-0.3, -0.25) is 0 Å². The van der Waals surface area contributed by atoms with Crippen LogP contribution in [0.25, 0.3) is 22.6 Å². The summed E-state index contributed by atoms with van der Waals surface area (Å²) in [5.41, 5.74) is 2.58. The third-order valence-corrected chi connectivity index (χ3v) is 3.06. The summed E-state index contributed by atoms with van der Waals surface area (Å²) in [6, 6.07) is 14.5. The van der Waals surface area contributed by atoms with Crippen LogP contribution in [0, 0.1) is 0 Å². The fraction of sp³-hybridized carbons (Fsp3) is 0.0625. The highest BCUT2D eigenvalue weighted by molar-refractivity contribution is 5.76. The molecule has 1 aromatic heterocycles. The van der Waals surface area contributed by atoms with Gasteiger partial charge in [0, 0.05) is 11.1 Å². The smallest absolute Gasteiger partial charge is 0.182 e. The lowest BCUT2D eigenvalue weighted by Crippen LogP contribution is -1.85. The van der Waals surface area contributed by atoms with Crippen molar-refractivity contribution in [1.82, 2.24) is 4.98 Å². The Labute approximate surface area is 116 Å². The molecule has 0 radical (unpaired) electrons. The molecule has 1 heterocycles. The van der Waals surface area contributed by atoms with Gasteiger partial charge in [-0.25, -0.2) is 4.98 Å². The minimum atomic E-state index is 0.222. The molecule has 0 atom stereocenters. The number of aromatic hydroxyl groups is 1. The van der Waals surface area contributed by atoms with Crippen LogP contribution in [0.15, 0.2) is 59.3 Å². The van der Waals surface area contributed by atoms with Crippen LogP contribution >= 0.6 is 0 Å². The van der Waals surface area contributed by atoms with Gasteiger partial charge in [0.1, 0.15) is 17.2 Å². The van der Waals surface area contributed by atoms with Crippen molar-refractivity contribution in [2.45, 2.75) is 0 Å². The summed E-state index contributed by atoms with van der Waals surface area (Å²) >= 11 is 0. The van der Waals surface area contributed by atoms with Crippen LogP contribution in [-0.4, -0.2) is 17.2 Å². The van der Waals surface area contributed by atoms with Gasteiger partial charge < -0.3 is 14.3 Å². The number of phenols is 1. The third kappa shape index (κ3) is 2.23. The molecule has 0 saturated carbocycles. The first kappa shape index (κ1) is 12.3. The van der Waals surface area contributed by atoms with Crippen molar-refractivity contribution < 1.29 is 14.3 Å². The van der Waals surface area contributed by atoms with E-state index in [2.05, 4.69) is 4.98 Å². The molecule has 0 aliphatic carbocycles. The number of benzene rings is 2. The summed E-state index contributed by atoms with van der Waals surface area (Å²) in [5, 5.41) is 9.34. The third-order valence-electron chi connectivity index (χ3n) is 3.06. The molecule has 100 valence electrons. The molecule has 0 aliphatic rings. The molecular weight excluding hydrogens is 254 g/mol. The van der Waals surface area contributed by atoms with Crippen LogP contribution in [0.3, 0.4) is 0 Å². The Morgan fingerprint density at radius 2 is 1.60 bits per heavy atom. The van der Waals surface area contributed by atoms with Gasteiger partial charge in [0.25, 0.3) is 0 Å². The second-order valence-corrected chi connectivity index (χ2v) is 4.31. The van der Waals surface area contributed by atoms with E-state index >= 15 is 0 Å². The standard InChI is InChI=1S/C16H13NO3/c1-19-14-8-4-11(5-9-14)15-16(20-10-17-15)12-2-6-13(18)7-3-12/h2-10,18H,1H3. The quantitative estimate of drug-likeness (QED) is 0.785. The van der Waals surface area contributed by atoms with Crippen LogP contribution < -0.4 is 4.74 Å². The molecule has 0 saturated heterocycles. The predicted octanol–water partition coefficient (Wildman–Crippen LogP) is 3.72. The first-order valence-corrected chi connectivity index (χ1v) is 6.15. The van der Waals surface area contributed by atoms with Crippen molar-refractivity contribution >= 4 is 0 Å². The molecule has 0 spiro atoms. The first-order chi connectivity index (χ1) is 9.78. The number of hydrogen-bond donors (Lipinski definition) is 1. The minimum Gasteiger partial charge on any atom is -0.508 e. The molecule has 4 heteroatoms. The minimum absolute atomic E-state index is 0.222. The lowest BCUT2D eigenvalue weighted by Gasteiger charge is -2.03. The number of rotatable bonds is 3. The van der Waals surface area contributed by atoms with E-state index in [1.54, 1.807) is 31.4 Å². The Morgan fingerprint density at radius 1 is 0.950 bits per heavy atom. The van der Waals surface area contributed by atoms with Crippen molar-refractivity contribution in [3.63, 3.8) is 0 Å². The molecule has 3 aromatic rings. The number of ether oxygens (including phenoxy) is 1. The van der Waals surface area contributed by atoms with E-state index in [1.807, 2.05) is 24.3 Å². The van der Waals surface area contributed by atoms with Gasteiger partial charge in [0.2, 0.25) is 0 Å². The van der Waals surface area contributed by atoms with Crippen molar-refractivity contribution in [1.29, 1.82) is 0 Å². The van der Waals surface area contributed by atoms with Gasteiger partial charge in [-0.1, -0.05) is 0 Å². The highest BCUT2D eigenvalue weighted by Gasteiger charge is 2.12. The number of methoxy groups -OCH3 is 1. The number of nitrogens with zero attached hydrogens (tertiary/aromatic N) is 1. The van der Waals surface area contributed by atoms with Crippen LogP contribution in [0.1, 0.15) is 0 Å². The van der Waals surface area contributed by atoms with Gasteiger partial charge in [0.05, 0.1) is 7.11 Å². The van der Waals surface area contributed by atoms with E-state index in [-0.39, 0.29) is 5.75 Å². The van der Waals surface area contributed by atoms with Crippen molar-refractivity contribution in [3.8, 4) is 34.1 Å². The zero-order chi connectivity index (χ0) is 13.9. The highest BCUT2D eigenvalue weighted by atomic mass is 16.5. The summed E-state index contributed by atoms with van der Waals surface area (Å²) in [4.78, 5) is 4.27. The van der Waals surface area contributed by atoms with Gasteiger partial charge in [-0.2, -0.15) is 0 Å². The second kappa shape index (κ2) is 5.09. The second-order valence-electron chi connectivity index (χ2n) is 4.31. The van der Waals surface area contributed by atoms with Gasteiger partial charge >= 0.3 is 0 Å². The monoisotopic (exact) mass is 267 g/mol. The Morgan fingerprint density at radius 3 is 2.25 bits per heavy atom. The maximum Gasteiger partial charge on any atom is 0.182 e. The molecule has 0 bridgehead atoms. The zero-order valence-electron chi connectivity index (χ0n) is 10.9. The lowest BCUT2D eigenvalue weighted by molar-refractivity contribution is 0.415. The normalized spacial score (nSPS) is 10.4. The molecular formula is C16H13NO3. The molecule has 20 heavy (non-hydrogen) atoms. The van der Waals surface area contributed by atoms with Crippen molar-refractivity contribution in [2.75, 3.05) is 7.11 Å². The van der Waals surface area contributed by atoms with Crippen LogP contribution in [0.4, 0.5) is 0 Å². The molecule has 2 aromatic carbocycles. The molecule has 3 rings (SSSR count). The van der Waals surface area contributed by atoms with Crippen molar-refractivity contribution in [2.24, 2.45) is 0 Å². The largest absolute Gasteiger partial charge is 0.508 e. The Kier molecular flexibility index (Phi) is 3.13. The maximum absolute atomic E-state index is 9.34. The van der Waals surface area contributed by atoms with Gasteiger partial charge in [-0.05, 0) is 48.5 Å². The summed E-state index contributed by atoms with van der Waals surface area (Å²) in [6.45, 7) is 0. The van der Waals surface area contributed by atoms with Crippen LogP contribution in [0.2, 0.25) is 0 Å². The SMILES string of the molecule is COc1ccc(-c2ncoc2-c2ccc(O)cc2)cc1. The summed E-state index contributed by atoms with van der Waals surface area (Å²) in [6.07, 6.45) is 1.42. The molecule has 1 N–H and O–H groups in total. The number of aromatic nitrogens is 1. The molecule has 0 fully saturated rings. The Hall–Kier alpha value is -2.75. The fourth-order valence-corrected chi connectivity index (χ4v) is 2.02. The van der Waals surface area contributed by atoms with E-state index in [0.717, 1.165) is 22.6 Å². The highest BCUT2D eigenvalue weighted by Crippen LogP contribution is 2.32. The average Bonchev–Trinajstić information content (AvgIpc) is 2.97. The maximum atomic E-state index is 9.34. The van der Waals surface area contributed by atoms with E-state index < -0.39 is 0 Å². The zero-order valence-corrected chi connectivity index (χ0v) is 10.9. The molecule has 0 amide bonds. The number of oxazole rings is 1. The Balaban J connectivity index is 2.02. The van der Waals surface area contributed by atoms with Crippen molar-refractivity contribution in [3.05, 3.63) is 54.9 Å². The lowest BCUT2D eigenvalue weighted by atomic mass is 10.1. The van der Waals surface area contributed by atoms with Crippen LogP contribution in [0.5, 0.6) is 11.5 Å². The number of hydrogen-bond acceptors (Lipinski definition) is 4. The Bertz CT molecular complexity index is 699. The van der Waals surface area contributed by atoms with Crippen LogP contribution in [-0.2, 0) is 0 Å². The summed E-state index contributed by atoms with van der Waals surface area (Å²) in [5.74, 6) is 1.69. The first-order valence-electron chi connectivity index (χ1n) is 6.15. The fourth-order valence-electron chi connectivity index (χ4n) is 2.02. The van der Waals surface area contributed by atoms with E-state index in [4.69, 9.17) is 9.15 Å². The van der Waals surface area contributed by atoms with E-state index in [1.165, 1.54) is 6.39 Å². The van der Waals surface area contributed by atoms with E-state index in [9.17, 15) is 5.11 Å². The molecule has 4 nitrogen and oxygen atoms in total.